The molecule has 2 saturated heterocycles. The predicted molar refractivity (Wildman–Crippen MR) is 179 cm³/mol. The third-order valence-corrected chi connectivity index (χ3v) is 10.1. The molecule has 0 N–H and O–H groups in total. The number of piperazine rings is 1. The first-order valence-corrected chi connectivity index (χ1v) is 17.1. The van der Waals surface area contributed by atoms with E-state index in [0.717, 1.165) is 79.7 Å². The van der Waals surface area contributed by atoms with Gasteiger partial charge in [-0.2, -0.15) is 10.4 Å². The Bertz CT molecular complexity index is 1780. The van der Waals surface area contributed by atoms with E-state index in [1.165, 1.54) is 16.5 Å². The van der Waals surface area contributed by atoms with Gasteiger partial charge in [-0.25, -0.2) is 19.4 Å². The molecule has 0 bridgehead atoms. The molecule has 1 amide bonds. The molecule has 2 aromatic heterocycles. The quantitative estimate of drug-likeness (QED) is 0.163. The summed E-state index contributed by atoms with van der Waals surface area (Å²) in [5.41, 5.74) is 6.71. The second kappa shape index (κ2) is 13.9. The van der Waals surface area contributed by atoms with E-state index >= 15 is 0 Å². The summed E-state index contributed by atoms with van der Waals surface area (Å²) in [4.78, 5) is 26.5. The van der Waals surface area contributed by atoms with Crippen LogP contribution >= 0.6 is 11.6 Å². The zero-order chi connectivity index (χ0) is 32.3. The number of ether oxygens (including phenoxy) is 2. The highest BCUT2D eigenvalue weighted by Gasteiger charge is 2.35. The molecule has 1 aliphatic carbocycles. The minimum Gasteiger partial charge on any atom is -0.445 e. The van der Waals surface area contributed by atoms with Gasteiger partial charge in [0.2, 0.25) is 5.28 Å². The van der Waals surface area contributed by atoms with Gasteiger partial charge in [0.1, 0.15) is 12.4 Å². The second-order valence-corrected chi connectivity index (χ2v) is 13.2. The molecule has 2 aromatic carbocycles. The molecule has 2 fully saturated rings. The molecular formula is C36H40ClN7O3. The first-order chi connectivity index (χ1) is 23.0. The first kappa shape index (κ1) is 31.4. The second-order valence-electron chi connectivity index (χ2n) is 12.9. The van der Waals surface area contributed by atoms with Crippen LogP contribution < -0.4 is 4.90 Å². The van der Waals surface area contributed by atoms with Gasteiger partial charge < -0.3 is 19.3 Å². The largest absolute Gasteiger partial charge is 0.445 e. The number of benzene rings is 2. The normalized spacial score (nSPS) is 21.6. The van der Waals surface area contributed by atoms with Gasteiger partial charge in [-0.05, 0) is 92.1 Å². The Morgan fingerprint density at radius 1 is 1.11 bits per heavy atom. The fraction of sp³-hybridized carbons (Fsp3) is 0.472. The highest BCUT2D eigenvalue weighted by atomic mass is 35.5. The summed E-state index contributed by atoms with van der Waals surface area (Å²) >= 11 is 6.63. The van der Waals surface area contributed by atoms with Crippen LogP contribution in [0.2, 0.25) is 5.28 Å². The highest BCUT2D eigenvalue weighted by Crippen LogP contribution is 2.40. The van der Waals surface area contributed by atoms with E-state index in [0.29, 0.717) is 19.6 Å². The van der Waals surface area contributed by atoms with Gasteiger partial charge in [0.25, 0.3) is 0 Å². The van der Waals surface area contributed by atoms with Crippen molar-refractivity contribution in [2.24, 2.45) is 0 Å². The molecule has 244 valence electrons. The van der Waals surface area contributed by atoms with Crippen LogP contribution in [0, 0.1) is 18.3 Å². The summed E-state index contributed by atoms with van der Waals surface area (Å²) in [6.07, 6.45) is 8.61. The maximum absolute atomic E-state index is 13.1. The summed E-state index contributed by atoms with van der Waals surface area (Å²) in [6.45, 7) is 4.61. The minimum atomic E-state index is -0.404. The summed E-state index contributed by atoms with van der Waals surface area (Å²) in [5, 5.41) is 15.9. The monoisotopic (exact) mass is 653 g/mol. The summed E-state index contributed by atoms with van der Waals surface area (Å²) in [7, 11) is 0. The lowest BCUT2D eigenvalue weighted by molar-refractivity contribution is -0.0366. The van der Waals surface area contributed by atoms with E-state index in [2.05, 4.69) is 34.7 Å². The molecule has 4 aromatic rings. The van der Waals surface area contributed by atoms with Crippen LogP contribution in [0.3, 0.4) is 0 Å². The van der Waals surface area contributed by atoms with Crippen LogP contribution in [0.1, 0.15) is 78.6 Å². The number of rotatable bonds is 6. The average molecular weight is 654 g/mol. The lowest BCUT2D eigenvalue weighted by Crippen LogP contribution is -2.55. The predicted octanol–water partition coefficient (Wildman–Crippen LogP) is 6.89. The number of halogens is 1. The van der Waals surface area contributed by atoms with Crippen molar-refractivity contribution in [1.82, 2.24) is 24.6 Å². The van der Waals surface area contributed by atoms with Crippen LogP contribution in [-0.4, -0.2) is 63.0 Å². The van der Waals surface area contributed by atoms with Crippen molar-refractivity contribution in [3.63, 3.8) is 0 Å². The summed E-state index contributed by atoms with van der Waals surface area (Å²) < 4.78 is 13.8. The maximum atomic E-state index is 13.1. The van der Waals surface area contributed by atoms with Gasteiger partial charge in [-0.1, -0.05) is 36.4 Å². The number of anilines is 1. The number of amides is 1. The van der Waals surface area contributed by atoms with Crippen molar-refractivity contribution in [1.29, 1.82) is 5.26 Å². The molecular weight excluding hydrogens is 614 g/mol. The molecule has 0 spiro atoms. The first-order valence-electron chi connectivity index (χ1n) is 16.7. The average Bonchev–Trinajstić information content (AvgIpc) is 3.41. The molecule has 0 radical (unpaired) electrons. The molecule has 11 heteroatoms. The Hall–Kier alpha value is -4.20. The van der Waals surface area contributed by atoms with E-state index in [9.17, 15) is 10.1 Å². The number of carbonyl (C=O) groups is 1. The Morgan fingerprint density at radius 2 is 1.98 bits per heavy atom. The smallest absolute Gasteiger partial charge is 0.410 e. The van der Waals surface area contributed by atoms with Gasteiger partial charge in [0, 0.05) is 37.2 Å². The van der Waals surface area contributed by atoms with Crippen molar-refractivity contribution in [2.45, 2.75) is 83.1 Å². The van der Waals surface area contributed by atoms with Crippen LogP contribution in [0.4, 0.5) is 10.6 Å². The molecule has 0 saturated carbocycles. The molecule has 47 heavy (non-hydrogen) atoms. The number of hydrogen-bond acceptors (Lipinski definition) is 8. The number of aryl methyl sites for hydroxylation is 1. The lowest BCUT2D eigenvalue weighted by atomic mass is 9.86. The van der Waals surface area contributed by atoms with E-state index in [4.69, 9.17) is 36.1 Å². The van der Waals surface area contributed by atoms with Crippen LogP contribution in [0.5, 0.6) is 0 Å². The van der Waals surface area contributed by atoms with E-state index in [1.54, 1.807) is 4.90 Å². The molecule has 10 nitrogen and oxygen atoms in total. The Kier molecular flexibility index (Phi) is 9.27. The number of nitrogens with zero attached hydrogens (tertiary/aromatic N) is 7. The third kappa shape index (κ3) is 6.52. The molecule has 4 heterocycles. The molecule has 7 rings (SSSR count). The number of hydrogen-bond donors (Lipinski definition) is 0. The number of carbonyl (C=O) groups excluding carboxylic acids is 1. The highest BCUT2D eigenvalue weighted by molar-refractivity contribution is 6.28. The van der Waals surface area contributed by atoms with Crippen molar-refractivity contribution >= 4 is 34.4 Å². The summed E-state index contributed by atoms with van der Waals surface area (Å²) in [6, 6.07) is 15.9. The van der Waals surface area contributed by atoms with Crippen molar-refractivity contribution in [2.75, 3.05) is 31.1 Å². The molecule has 2 unspecified atom stereocenters. The maximum Gasteiger partial charge on any atom is 0.410 e. The fourth-order valence-electron chi connectivity index (χ4n) is 7.59. The van der Waals surface area contributed by atoms with Crippen molar-refractivity contribution in [3.05, 3.63) is 81.9 Å². The lowest BCUT2D eigenvalue weighted by Gasteiger charge is -2.41. The van der Waals surface area contributed by atoms with Gasteiger partial charge >= 0.3 is 6.09 Å². The molecule has 3 atom stereocenters. The standard InChI is InChI=1S/C36H40ClN7O3/c1-24-13-14-31-29(21-39-44(31)32-12-5-6-19-46-32)33(24)26-10-7-11-28-30(20-26)40-35(37)41-34(28)42-17-18-43(27(22-42)15-16-38)36(45)47-23-25-8-3-2-4-9-25/h2-4,8-9,13-14,21,26-27,32H,5-7,10-12,15,17-20,22-23H2,1H3/t26?,27-,32?/m0/s1. The minimum absolute atomic E-state index is 0.0168. The van der Waals surface area contributed by atoms with E-state index in [-0.39, 0.29) is 36.5 Å². The van der Waals surface area contributed by atoms with Gasteiger partial charge in [-0.3, -0.25) is 0 Å². The number of fused-ring (bicyclic) bond motifs is 2. The van der Waals surface area contributed by atoms with Crippen LogP contribution in [0.25, 0.3) is 10.9 Å². The van der Waals surface area contributed by atoms with Crippen LogP contribution in [-0.2, 0) is 28.9 Å². The number of aromatic nitrogens is 4. The zero-order valence-electron chi connectivity index (χ0n) is 26.8. The van der Waals surface area contributed by atoms with Gasteiger partial charge in [-0.15, -0.1) is 0 Å². The van der Waals surface area contributed by atoms with Gasteiger partial charge in [0.15, 0.2) is 6.23 Å². The van der Waals surface area contributed by atoms with Gasteiger partial charge in [0.05, 0.1) is 35.9 Å². The zero-order valence-corrected chi connectivity index (χ0v) is 27.5. The van der Waals surface area contributed by atoms with E-state index < -0.39 is 6.09 Å². The topological polar surface area (TPSA) is 109 Å². The Balaban J connectivity index is 1.13. The Labute approximate surface area is 280 Å². The van der Waals surface area contributed by atoms with E-state index in [1.807, 2.05) is 36.5 Å². The fourth-order valence-corrected chi connectivity index (χ4v) is 7.77. The number of nitriles is 1. The summed E-state index contributed by atoms with van der Waals surface area (Å²) in [5.74, 6) is 1.07. The SMILES string of the molecule is Cc1ccc2c(cnn2C2CCCCO2)c1C1CCCc2c(nc(Cl)nc2N2CCN(C(=O)OCc3ccccc3)[C@@H](CC#N)C2)C1. The van der Waals surface area contributed by atoms with Crippen molar-refractivity contribution in [3.8, 4) is 6.07 Å². The molecule has 2 aliphatic heterocycles. The van der Waals surface area contributed by atoms with Crippen LogP contribution in [0.15, 0.2) is 48.7 Å². The van der Waals surface area contributed by atoms with Crippen molar-refractivity contribution < 1.29 is 14.3 Å². The Morgan fingerprint density at radius 3 is 2.79 bits per heavy atom. The third-order valence-electron chi connectivity index (χ3n) is 9.89. The molecule has 3 aliphatic rings.